The summed E-state index contributed by atoms with van der Waals surface area (Å²) in [5.74, 6) is 6.39. The molecular weight excluding hydrogens is 216 g/mol. The van der Waals surface area contributed by atoms with E-state index >= 15 is 0 Å². The molecule has 0 amide bonds. The SMILES string of the molecule is CCCCC(CC)C(Cc1ccsc1)NN. The summed E-state index contributed by atoms with van der Waals surface area (Å²) in [6.07, 6.45) is 6.12. The molecule has 0 aliphatic heterocycles. The maximum atomic E-state index is 5.69. The van der Waals surface area contributed by atoms with E-state index in [9.17, 15) is 0 Å². The van der Waals surface area contributed by atoms with Crippen LogP contribution >= 0.6 is 11.3 Å². The lowest BCUT2D eigenvalue weighted by molar-refractivity contribution is 0.318. The summed E-state index contributed by atoms with van der Waals surface area (Å²) >= 11 is 1.76. The van der Waals surface area contributed by atoms with Gasteiger partial charge in [0.1, 0.15) is 0 Å². The zero-order valence-electron chi connectivity index (χ0n) is 10.4. The smallest absolute Gasteiger partial charge is 0.0279 e. The van der Waals surface area contributed by atoms with E-state index in [1.54, 1.807) is 11.3 Å². The molecule has 1 aromatic heterocycles. The molecule has 2 unspecified atom stereocenters. The van der Waals surface area contributed by atoms with Crippen LogP contribution in [-0.2, 0) is 6.42 Å². The Morgan fingerprint density at radius 2 is 2.25 bits per heavy atom. The van der Waals surface area contributed by atoms with Crippen molar-refractivity contribution in [3.8, 4) is 0 Å². The van der Waals surface area contributed by atoms with Crippen LogP contribution in [0.25, 0.3) is 0 Å². The molecule has 0 saturated heterocycles. The molecule has 0 saturated carbocycles. The van der Waals surface area contributed by atoms with Gasteiger partial charge in [0.25, 0.3) is 0 Å². The van der Waals surface area contributed by atoms with Crippen LogP contribution in [0.3, 0.4) is 0 Å². The Bertz CT molecular complexity index is 259. The van der Waals surface area contributed by atoms with Crippen molar-refractivity contribution in [3.63, 3.8) is 0 Å². The number of rotatable bonds is 8. The first-order valence-electron chi connectivity index (χ1n) is 6.29. The maximum absolute atomic E-state index is 5.69. The van der Waals surface area contributed by atoms with Crippen LogP contribution in [0, 0.1) is 5.92 Å². The first-order valence-corrected chi connectivity index (χ1v) is 7.23. The highest BCUT2D eigenvalue weighted by atomic mass is 32.1. The lowest BCUT2D eigenvalue weighted by Crippen LogP contribution is -2.42. The van der Waals surface area contributed by atoms with Gasteiger partial charge in [0.2, 0.25) is 0 Å². The monoisotopic (exact) mass is 240 g/mol. The molecule has 0 radical (unpaired) electrons. The van der Waals surface area contributed by atoms with E-state index in [0.717, 1.165) is 6.42 Å². The van der Waals surface area contributed by atoms with E-state index in [1.165, 1.54) is 31.2 Å². The molecule has 1 rings (SSSR count). The second-order valence-electron chi connectivity index (χ2n) is 4.42. The van der Waals surface area contributed by atoms with Gasteiger partial charge in [-0.25, -0.2) is 0 Å². The summed E-state index contributed by atoms with van der Waals surface area (Å²) in [6, 6.07) is 2.62. The van der Waals surface area contributed by atoms with E-state index in [2.05, 4.69) is 36.1 Å². The van der Waals surface area contributed by atoms with E-state index in [-0.39, 0.29) is 0 Å². The normalized spacial score (nSPS) is 14.9. The van der Waals surface area contributed by atoms with Crippen molar-refractivity contribution < 1.29 is 0 Å². The standard InChI is InChI=1S/C13H24N2S/c1-3-5-6-12(4-2)13(15-14)9-11-7-8-16-10-11/h7-8,10,12-13,15H,3-6,9,14H2,1-2H3. The van der Waals surface area contributed by atoms with Crippen molar-refractivity contribution >= 4 is 11.3 Å². The van der Waals surface area contributed by atoms with Crippen LogP contribution in [0.2, 0.25) is 0 Å². The number of unbranched alkanes of at least 4 members (excludes halogenated alkanes) is 1. The summed E-state index contributed by atoms with van der Waals surface area (Å²) in [6.45, 7) is 4.51. The molecule has 3 heteroatoms. The van der Waals surface area contributed by atoms with Crippen LogP contribution in [0.5, 0.6) is 0 Å². The minimum absolute atomic E-state index is 0.422. The number of nitrogens with one attached hydrogen (secondary N) is 1. The molecular formula is C13H24N2S. The first-order chi connectivity index (χ1) is 7.81. The van der Waals surface area contributed by atoms with Gasteiger partial charge in [-0.2, -0.15) is 11.3 Å². The summed E-state index contributed by atoms with van der Waals surface area (Å²) in [7, 11) is 0. The van der Waals surface area contributed by atoms with Crippen LogP contribution in [0.4, 0.5) is 0 Å². The van der Waals surface area contributed by atoms with Crippen LogP contribution in [-0.4, -0.2) is 6.04 Å². The molecule has 0 aliphatic carbocycles. The third-order valence-corrected chi connectivity index (χ3v) is 4.00. The Morgan fingerprint density at radius 3 is 2.75 bits per heavy atom. The fourth-order valence-corrected chi connectivity index (χ4v) is 2.86. The average Bonchev–Trinajstić information content (AvgIpc) is 2.81. The highest BCUT2D eigenvalue weighted by Gasteiger charge is 2.18. The largest absolute Gasteiger partial charge is 0.271 e. The van der Waals surface area contributed by atoms with E-state index in [4.69, 9.17) is 5.84 Å². The molecule has 1 heterocycles. The number of hydrogen-bond donors (Lipinski definition) is 2. The number of thiophene rings is 1. The maximum Gasteiger partial charge on any atom is 0.0279 e. The molecule has 1 aromatic rings. The first kappa shape index (κ1) is 13.7. The number of hydrogen-bond acceptors (Lipinski definition) is 3. The molecule has 0 bridgehead atoms. The van der Waals surface area contributed by atoms with Crippen LogP contribution in [0.15, 0.2) is 16.8 Å². The van der Waals surface area contributed by atoms with Gasteiger partial charge < -0.3 is 0 Å². The minimum atomic E-state index is 0.422. The average molecular weight is 240 g/mol. The number of nitrogens with two attached hydrogens (primary N) is 1. The summed E-state index contributed by atoms with van der Waals surface area (Å²) in [4.78, 5) is 0. The van der Waals surface area contributed by atoms with E-state index in [1.807, 2.05) is 0 Å². The molecule has 0 aliphatic rings. The fraction of sp³-hybridized carbons (Fsp3) is 0.692. The van der Waals surface area contributed by atoms with Gasteiger partial charge in [-0.15, -0.1) is 0 Å². The van der Waals surface area contributed by atoms with Crippen molar-refractivity contribution in [2.75, 3.05) is 0 Å². The third-order valence-electron chi connectivity index (χ3n) is 3.27. The van der Waals surface area contributed by atoms with Gasteiger partial charge in [-0.3, -0.25) is 11.3 Å². The van der Waals surface area contributed by atoms with Crippen LogP contribution in [0.1, 0.15) is 45.1 Å². The third kappa shape index (κ3) is 4.24. The van der Waals surface area contributed by atoms with Gasteiger partial charge in [0.15, 0.2) is 0 Å². The van der Waals surface area contributed by atoms with Gasteiger partial charge in [-0.05, 0) is 41.1 Å². The second-order valence-corrected chi connectivity index (χ2v) is 5.20. The van der Waals surface area contributed by atoms with E-state index in [0.29, 0.717) is 12.0 Å². The Morgan fingerprint density at radius 1 is 1.44 bits per heavy atom. The van der Waals surface area contributed by atoms with Crippen molar-refractivity contribution in [2.24, 2.45) is 11.8 Å². The van der Waals surface area contributed by atoms with Crippen LogP contribution < -0.4 is 11.3 Å². The lowest BCUT2D eigenvalue weighted by Gasteiger charge is -2.25. The molecule has 92 valence electrons. The fourth-order valence-electron chi connectivity index (χ4n) is 2.18. The van der Waals surface area contributed by atoms with Gasteiger partial charge in [0.05, 0.1) is 0 Å². The summed E-state index contributed by atoms with van der Waals surface area (Å²) in [5, 5.41) is 4.35. The molecule has 0 fully saturated rings. The zero-order valence-corrected chi connectivity index (χ0v) is 11.2. The molecule has 0 spiro atoms. The lowest BCUT2D eigenvalue weighted by atomic mass is 9.88. The Labute approximate surface area is 103 Å². The van der Waals surface area contributed by atoms with Gasteiger partial charge in [0, 0.05) is 6.04 Å². The molecule has 2 atom stereocenters. The van der Waals surface area contributed by atoms with Crippen molar-refractivity contribution in [1.29, 1.82) is 0 Å². The van der Waals surface area contributed by atoms with Crippen molar-refractivity contribution in [1.82, 2.24) is 5.43 Å². The Kier molecular flexibility index (Phi) is 6.69. The molecule has 16 heavy (non-hydrogen) atoms. The molecule has 3 N–H and O–H groups in total. The molecule has 2 nitrogen and oxygen atoms in total. The quantitative estimate of drug-likeness (QED) is 0.540. The predicted molar refractivity (Wildman–Crippen MR) is 72.4 cm³/mol. The van der Waals surface area contributed by atoms with Gasteiger partial charge in [-0.1, -0.05) is 33.1 Å². The van der Waals surface area contributed by atoms with Gasteiger partial charge >= 0.3 is 0 Å². The predicted octanol–water partition coefficient (Wildman–Crippen LogP) is 3.34. The Hall–Kier alpha value is -0.380. The van der Waals surface area contributed by atoms with E-state index < -0.39 is 0 Å². The highest BCUT2D eigenvalue weighted by molar-refractivity contribution is 7.07. The second kappa shape index (κ2) is 7.82. The summed E-state index contributed by atoms with van der Waals surface area (Å²) < 4.78 is 0. The number of hydrazine groups is 1. The molecule has 0 aromatic carbocycles. The Balaban J connectivity index is 2.49. The van der Waals surface area contributed by atoms with Crippen molar-refractivity contribution in [2.45, 2.75) is 52.0 Å². The van der Waals surface area contributed by atoms with Crippen molar-refractivity contribution in [3.05, 3.63) is 22.4 Å². The highest BCUT2D eigenvalue weighted by Crippen LogP contribution is 2.20. The zero-order chi connectivity index (χ0) is 11.8. The topological polar surface area (TPSA) is 38.0 Å². The minimum Gasteiger partial charge on any atom is -0.271 e. The summed E-state index contributed by atoms with van der Waals surface area (Å²) in [5.41, 5.74) is 4.41.